The smallest absolute Gasteiger partial charge is 0.315 e. The number of ether oxygens (including phenoxy) is 4. The van der Waals surface area contributed by atoms with Crippen molar-refractivity contribution < 1.29 is 28.5 Å². The van der Waals surface area contributed by atoms with Gasteiger partial charge in [0, 0.05) is 17.5 Å². The van der Waals surface area contributed by atoms with E-state index < -0.39 is 5.41 Å². The molecule has 0 unspecified atom stereocenters. The Morgan fingerprint density at radius 2 is 1.75 bits per heavy atom. The molecular formula is C26H30O6. The predicted octanol–water partition coefficient (Wildman–Crippen LogP) is 5.00. The van der Waals surface area contributed by atoms with Crippen LogP contribution in [-0.4, -0.2) is 39.2 Å². The lowest BCUT2D eigenvalue weighted by Gasteiger charge is -2.21. The average molecular weight is 439 g/mol. The van der Waals surface area contributed by atoms with Crippen molar-refractivity contribution in [3.63, 3.8) is 0 Å². The van der Waals surface area contributed by atoms with Crippen LogP contribution in [0, 0.1) is 5.41 Å². The molecule has 0 bridgehead atoms. The summed E-state index contributed by atoms with van der Waals surface area (Å²) in [5.74, 6) is 1.51. The van der Waals surface area contributed by atoms with Crippen molar-refractivity contribution in [2.45, 2.75) is 45.4 Å². The zero-order chi connectivity index (χ0) is 22.7. The fraction of sp³-hybridized carbons (Fsp3) is 0.462. The Labute approximate surface area is 188 Å². The Morgan fingerprint density at radius 3 is 2.44 bits per heavy atom. The number of hydrogen-bond donors (Lipinski definition) is 0. The first-order chi connectivity index (χ1) is 15.5. The number of ketones is 1. The molecule has 0 aromatic heterocycles. The summed E-state index contributed by atoms with van der Waals surface area (Å²) < 4.78 is 22.9. The van der Waals surface area contributed by atoms with Crippen LogP contribution in [-0.2, 0) is 16.0 Å². The van der Waals surface area contributed by atoms with Gasteiger partial charge >= 0.3 is 5.97 Å². The van der Waals surface area contributed by atoms with E-state index in [2.05, 4.69) is 6.92 Å². The van der Waals surface area contributed by atoms with Crippen molar-refractivity contribution in [3.8, 4) is 28.4 Å². The van der Waals surface area contributed by atoms with Gasteiger partial charge in [-0.3, -0.25) is 9.59 Å². The summed E-state index contributed by atoms with van der Waals surface area (Å²) in [4.78, 5) is 24.9. The molecule has 2 aliphatic rings. The maximum Gasteiger partial charge on any atom is 0.315 e. The number of carbonyl (C=O) groups is 2. The monoisotopic (exact) mass is 438 g/mol. The summed E-state index contributed by atoms with van der Waals surface area (Å²) in [6.45, 7) is 2.71. The Kier molecular flexibility index (Phi) is 6.40. The highest BCUT2D eigenvalue weighted by atomic mass is 16.5. The largest absolute Gasteiger partial charge is 0.493 e. The molecule has 0 spiro atoms. The molecule has 0 atom stereocenters. The van der Waals surface area contributed by atoms with Gasteiger partial charge in [0.25, 0.3) is 0 Å². The van der Waals surface area contributed by atoms with Crippen LogP contribution in [0.2, 0.25) is 0 Å². The minimum atomic E-state index is -0.603. The molecule has 0 heterocycles. The van der Waals surface area contributed by atoms with Crippen LogP contribution >= 0.6 is 0 Å². The molecule has 0 amide bonds. The molecular weight excluding hydrogens is 408 g/mol. The predicted molar refractivity (Wildman–Crippen MR) is 121 cm³/mol. The van der Waals surface area contributed by atoms with Crippen molar-refractivity contribution >= 4 is 11.8 Å². The number of esters is 1. The Balaban J connectivity index is 1.67. The first-order valence-corrected chi connectivity index (χ1v) is 11.2. The van der Waals surface area contributed by atoms with Gasteiger partial charge in [-0.15, -0.1) is 0 Å². The fourth-order valence-electron chi connectivity index (χ4n) is 4.23. The van der Waals surface area contributed by atoms with E-state index in [4.69, 9.17) is 18.9 Å². The van der Waals surface area contributed by atoms with Crippen LogP contribution in [0.3, 0.4) is 0 Å². The molecule has 1 saturated carbocycles. The molecule has 4 rings (SSSR count). The second kappa shape index (κ2) is 9.23. The van der Waals surface area contributed by atoms with E-state index in [1.165, 1.54) is 0 Å². The first-order valence-electron chi connectivity index (χ1n) is 11.2. The van der Waals surface area contributed by atoms with Crippen LogP contribution in [0.4, 0.5) is 0 Å². The summed E-state index contributed by atoms with van der Waals surface area (Å²) in [6, 6.07) is 9.53. The normalized spacial score (nSPS) is 15.8. The van der Waals surface area contributed by atoms with Gasteiger partial charge in [-0.25, -0.2) is 0 Å². The molecule has 170 valence electrons. The second-order valence-electron chi connectivity index (χ2n) is 8.49. The van der Waals surface area contributed by atoms with Gasteiger partial charge in [0.05, 0.1) is 20.8 Å². The number of fused-ring (bicyclic) bond motifs is 1. The van der Waals surface area contributed by atoms with Crippen LogP contribution in [0.25, 0.3) is 11.1 Å². The molecule has 0 radical (unpaired) electrons. The van der Waals surface area contributed by atoms with Crippen molar-refractivity contribution in [3.05, 3.63) is 41.5 Å². The quantitative estimate of drug-likeness (QED) is 0.384. The summed E-state index contributed by atoms with van der Waals surface area (Å²) >= 11 is 0. The van der Waals surface area contributed by atoms with Gasteiger partial charge < -0.3 is 18.9 Å². The fourth-order valence-corrected chi connectivity index (χ4v) is 4.23. The van der Waals surface area contributed by atoms with E-state index in [0.717, 1.165) is 47.9 Å². The SMILES string of the molecule is CCCCOC(=O)C1(COc2c(-c3cccc4c3CCC4=O)ccc(OC)c2OC)CC1. The van der Waals surface area contributed by atoms with E-state index >= 15 is 0 Å². The highest BCUT2D eigenvalue weighted by Gasteiger charge is 2.52. The number of benzene rings is 2. The Morgan fingerprint density at radius 1 is 0.969 bits per heavy atom. The topological polar surface area (TPSA) is 71.1 Å². The van der Waals surface area contributed by atoms with Gasteiger partial charge in [-0.1, -0.05) is 31.5 Å². The second-order valence-corrected chi connectivity index (χ2v) is 8.49. The Hall–Kier alpha value is -3.02. The minimum absolute atomic E-state index is 0.163. The average Bonchev–Trinajstić information content (AvgIpc) is 3.52. The highest BCUT2D eigenvalue weighted by molar-refractivity contribution is 6.02. The van der Waals surface area contributed by atoms with Crippen molar-refractivity contribution in [2.75, 3.05) is 27.4 Å². The van der Waals surface area contributed by atoms with Crippen molar-refractivity contribution in [1.29, 1.82) is 0 Å². The number of rotatable bonds is 10. The van der Waals surface area contributed by atoms with Crippen LogP contribution in [0.5, 0.6) is 17.2 Å². The molecule has 0 saturated heterocycles. The number of unbranched alkanes of at least 4 members (excludes halogenated alkanes) is 1. The van der Waals surface area contributed by atoms with Crippen molar-refractivity contribution in [2.24, 2.45) is 5.41 Å². The molecule has 0 aliphatic heterocycles. The molecule has 32 heavy (non-hydrogen) atoms. The van der Waals surface area contributed by atoms with Crippen molar-refractivity contribution in [1.82, 2.24) is 0 Å². The van der Waals surface area contributed by atoms with Gasteiger partial charge in [-0.2, -0.15) is 0 Å². The van der Waals surface area contributed by atoms with Gasteiger partial charge in [0.1, 0.15) is 12.0 Å². The van der Waals surface area contributed by atoms with Crippen LogP contribution < -0.4 is 14.2 Å². The molecule has 2 aromatic carbocycles. The van der Waals surface area contributed by atoms with Crippen LogP contribution in [0.1, 0.15) is 54.9 Å². The van der Waals surface area contributed by atoms with E-state index in [1.807, 2.05) is 30.3 Å². The summed E-state index contributed by atoms with van der Waals surface area (Å²) in [6.07, 6.45) is 4.54. The molecule has 6 nitrogen and oxygen atoms in total. The van der Waals surface area contributed by atoms with E-state index in [9.17, 15) is 9.59 Å². The third-order valence-corrected chi connectivity index (χ3v) is 6.38. The van der Waals surface area contributed by atoms with E-state index in [-0.39, 0.29) is 18.4 Å². The maximum absolute atomic E-state index is 12.6. The lowest BCUT2D eigenvalue weighted by Crippen LogP contribution is -2.26. The number of carbonyl (C=O) groups excluding carboxylic acids is 2. The molecule has 2 aliphatic carbocycles. The summed E-state index contributed by atoms with van der Waals surface area (Å²) in [5, 5.41) is 0. The molecule has 1 fully saturated rings. The number of hydrogen-bond acceptors (Lipinski definition) is 6. The number of Topliss-reactive ketones (excluding diaryl/α,β-unsaturated/α-hetero) is 1. The first kappa shape index (κ1) is 22.2. The third-order valence-electron chi connectivity index (χ3n) is 6.38. The zero-order valence-electron chi connectivity index (χ0n) is 19.0. The van der Waals surface area contributed by atoms with Gasteiger partial charge in [-0.05, 0) is 48.9 Å². The summed E-state index contributed by atoms with van der Waals surface area (Å²) in [5.41, 5.74) is 2.95. The highest BCUT2D eigenvalue weighted by Crippen LogP contribution is 2.51. The van der Waals surface area contributed by atoms with Gasteiger partial charge in [0.2, 0.25) is 5.75 Å². The van der Waals surface area contributed by atoms with E-state index in [1.54, 1.807) is 14.2 Å². The zero-order valence-corrected chi connectivity index (χ0v) is 19.0. The maximum atomic E-state index is 12.6. The molecule has 6 heteroatoms. The van der Waals surface area contributed by atoms with Gasteiger partial charge in [0.15, 0.2) is 17.3 Å². The molecule has 2 aromatic rings. The lowest BCUT2D eigenvalue weighted by atomic mass is 9.95. The lowest BCUT2D eigenvalue weighted by molar-refractivity contribution is -0.151. The summed E-state index contributed by atoms with van der Waals surface area (Å²) in [7, 11) is 3.15. The van der Waals surface area contributed by atoms with Crippen LogP contribution in [0.15, 0.2) is 30.3 Å². The number of methoxy groups -OCH3 is 2. The third kappa shape index (κ3) is 4.06. The van der Waals surface area contributed by atoms with E-state index in [0.29, 0.717) is 36.7 Å². The standard InChI is InChI=1S/C26H30O6/c1-4-5-15-31-25(28)26(13-14-26)16-32-23-20(10-12-22(29-2)24(23)30-3)17-7-6-8-19-18(17)9-11-21(19)27/h6-8,10,12H,4-5,9,11,13-16H2,1-3H3. The Bertz CT molecular complexity index is 1020. The minimum Gasteiger partial charge on any atom is -0.493 e. The molecule has 0 N–H and O–H groups in total.